The van der Waals surface area contributed by atoms with Crippen molar-refractivity contribution in [3.05, 3.63) is 4.43 Å². The van der Waals surface area contributed by atoms with Crippen molar-refractivity contribution in [1.82, 2.24) is 0 Å². The van der Waals surface area contributed by atoms with Crippen molar-refractivity contribution < 1.29 is 37.1 Å². The summed E-state index contributed by atoms with van der Waals surface area (Å²) in [7, 11) is 0. The summed E-state index contributed by atoms with van der Waals surface area (Å²) >= 11 is 2.16. The minimum absolute atomic E-state index is 0. The topological polar surface area (TPSA) is 0 Å². The maximum atomic E-state index is 2.16. The SMILES string of the molecule is C[CH-]I.[V].[V]. The van der Waals surface area contributed by atoms with Crippen LogP contribution in [-0.2, 0) is 37.1 Å². The largest absolute Gasteiger partial charge is 0.316 e. The van der Waals surface area contributed by atoms with Crippen LogP contribution in [0.25, 0.3) is 0 Å². The minimum Gasteiger partial charge on any atom is -0.316 e. The van der Waals surface area contributed by atoms with Crippen LogP contribution in [0.4, 0.5) is 0 Å². The fourth-order valence-electron chi connectivity index (χ4n) is 0. The summed E-state index contributed by atoms with van der Waals surface area (Å²) in [5.74, 6) is 0. The maximum absolute atomic E-state index is 2.16. The smallest absolute Gasteiger partial charge is 0 e. The van der Waals surface area contributed by atoms with E-state index >= 15 is 0 Å². The molecule has 0 saturated heterocycles. The monoisotopic (exact) mass is 257 g/mol. The van der Waals surface area contributed by atoms with Crippen molar-refractivity contribution in [2.75, 3.05) is 0 Å². The summed E-state index contributed by atoms with van der Waals surface area (Å²) in [6, 6.07) is 0. The quantitative estimate of drug-likeness (QED) is 0.456. The van der Waals surface area contributed by atoms with Crippen LogP contribution in [0.1, 0.15) is 6.92 Å². The van der Waals surface area contributed by atoms with Crippen LogP contribution >= 0.6 is 22.6 Å². The van der Waals surface area contributed by atoms with Crippen molar-refractivity contribution in [3.8, 4) is 0 Å². The first-order chi connectivity index (χ1) is 1.41. The van der Waals surface area contributed by atoms with E-state index in [4.69, 9.17) is 0 Å². The molecule has 0 aliphatic carbocycles. The summed E-state index contributed by atoms with van der Waals surface area (Å²) < 4.78 is 1.97. The van der Waals surface area contributed by atoms with Crippen molar-refractivity contribution in [2.24, 2.45) is 0 Å². The molecule has 0 spiro atoms. The second-order valence-corrected chi connectivity index (χ2v) is 1.46. The predicted molar refractivity (Wildman–Crippen MR) is 24.0 cm³/mol. The molecule has 0 amide bonds. The summed E-state index contributed by atoms with van der Waals surface area (Å²) in [5, 5.41) is 0. The average molecular weight is 257 g/mol. The van der Waals surface area contributed by atoms with Crippen LogP contribution < -0.4 is 0 Å². The molecule has 0 unspecified atom stereocenters. The van der Waals surface area contributed by atoms with Gasteiger partial charge in [-0.25, -0.2) is 0 Å². The molecule has 2 radical (unpaired) electrons. The number of hydrogen-bond acceptors (Lipinski definition) is 0. The molecule has 0 rings (SSSR count). The molecule has 0 atom stereocenters. The Bertz CT molecular complexity index is 7.61. The molecule has 0 bridgehead atoms. The molecule has 0 saturated carbocycles. The molecule has 0 heterocycles. The fourth-order valence-corrected chi connectivity index (χ4v) is 0. The third-order valence-electron chi connectivity index (χ3n) is 0. The Balaban J connectivity index is -0.0000000200. The summed E-state index contributed by atoms with van der Waals surface area (Å²) in [6.07, 6.45) is 0. The van der Waals surface area contributed by atoms with Crippen molar-refractivity contribution in [2.45, 2.75) is 6.92 Å². The van der Waals surface area contributed by atoms with Crippen LogP contribution in [0, 0.1) is 4.43 Å². The van der Waals surface area contributed by atoms with Gasteiger partial charge in [-0.1, -0.05) is 0 Å². The van der Waals surface area contributed by atoms with E-state index in [-0.39, 0.29) is 37.1 Å². The molecular formula is C2H4IV2-. The Morgan fingerprint density at radius 1 is 1.40 bits per heavy atom. The van der Waals surface area contributed by atoms with Gasteiger partial charge >= 0.3 is 0 Å². The van der Waals surface area contributed by atoms with Gasteiger partial charge in [0.2, 0.25) is 0 Å². The zero-order chi connectivity index (χ0) is 2.71. The van der Waals surface area contributed by atoms with Crippen LogP contribution in [-0.4, -0.2) is 0 Å². The van der Waals surface area contributed by atoms with Gasteiger partial charge in [-0.15, -0.1) is 0 Å². The summed E-state index contributed by atoms with van der Waals surface area (Å²) in [4.78, 5) is 0. The molecule has 0 fully saturated rings. The third kappa shape index (κ3) is 24.9. The van der Waals surface area contributed by atoms with E-state index in [1.54, 1.807) is 0 Å². The first-order valence-corrected chi connectivity index (χ1v) is 2.04. The second kappa shape index (κ2) is 16.8. The number of hydrogen-bond donors (Lipinski definition) is 0. The van der Waals surface area contributed by atoms with Crippen LogP contribution in [0.2, 0.25) is 0 Å². The zero-order valence-corrected chi connectivity index (χ0v) is 7.80. The summed E-state index contributed by atoms with van der Waals surface area (Å²) in [6.45, 7) is 1.99. The Morgan fingerprint density at radius 2 is 1.40 bits per heavy atom. The number of halogens is 1. The van der Waals surface area contributed by atoms with E-state index < -0.39 is 0 Å². The molecule has 0 aromatic carbocycles. The van der Waals surface area contributed by atoms with E-state index in [9.17, 15) is 0 Å². The molecule has 0 aromatic heterocycles. The first-order valence-electron chi connectivity index (χ1n) is 0.796. The van der Waals surface area contributed by atoms with Crippen LogP contribution in [0.5, 0.6) is 0 Å². The van der Waals surface area contributed by atoms with E-state index in [0.717, 1.165) is 0 Å². The van der Waals surface area contributed by atoms with Crippen LogP contribution in [0.3, 0.4) is 0 Å². The Morgan fingerprint density at radius 3 is 1.40 bits per heavy atom. The van der Waals surface area contributed by atoms with Crippen molar-refractivity contribution in [1.29, 1.82) is 0 Å². The van der Waals surface area contributed by atoms with Crippen molar-refractivity contribution >= 4 is 22.6 Å². The molecule has 0 aromatic rings. The van der Waals surface area contributed by atoms with Gasteiger partial charge in [0.05, 0.1) is 0 Å². The van der Waals surface area contributed by atoms with Crippen molar-refractivity contribution in [3.63, 3.8) is 0 Å². The molecule has 0 N–H and O–H groups in total. The molecule has 0 aliphatic rings. The molecule has 30 valence electrons. The van der Waals surface area contributed by atoms with Gasteiger partial charge in [-0.3, -0.25) is 4.43 Å². The Hall–Kier alpha value is 1.90. The third-order valence-corrected chi connectivity index (χ3v) is 0. The van der Waals surface area contributed by atoms with Gasteiger partial charge in [0.25, 0.3) is 0 Å². The predicted octanol–water partition coefficient (Wildman–Crippen LogP) is 1.60. The molecule has 5 heavy (non-hydrogen) atoms. The molecule has 0 nitrogen and oxygen atoms in total. The zero-order valence-electron chi connectivity index (χ0n) is 2.85. The average Bonchev–Trinajstić information content (AvgIpc) is 0.918. The Kier molecular flexibility index (Phi) is 53.2. The molecule has 3 heteroatoms. The molecule has 0 aliphatic heterocycles. The van der Waals surface area contributed by atoms with Gasteiger partial charge in [-0.05, 0) is 0 Å². The maximum Gasteiger partial charge on any atom is 0 e. The normalized spacial score (nSPS) is 3.60. The van der Waals surface area contributed by atoms with E-state index in [1.807, 2.05) is 11.4 Å². The Labute approximate surface area is 70.4 Å². The van der Waals surface area contributed by atoms with Gasteiger partial charge in [0.15, 0.2) is 0 Å². The van der Waals surface area contributed by atoms with Crippen LogP contribution in [0.15, 0.2) is 0 Å². The van der Waals surface area contributed by atoms with E-state index in [2.05, 4.69) is 22.6 Å². The standard InChI is InChI=1S/C2H4I.2V/c1-2-3;;/h2H,1H3;;/q-1;;. The first kappa shape index (κ1) is 15.8. The van der Waals surface area contributed by atoms with Gasteiger partial charge in [0, 0.05) is 37.1 Å². The van der Waals surface area contributed by atoms with E-state index in [1.165, 1.54) is 0 Å². The second-order valence-electron chi connectivity index (χ2n) is 0.218. The molecular weight excluding hydrogens is 253 g/mol. The minimum atomic E-state index is 0. The van der Waals surface area contributed by atoms with Gasteiger partial charge in [0.1, 0.15) is 0 Å². The van der Waals surface area contributed by atoms with Gasteiger partial charge in [-0.2, -0.15) is 6.92 Å². The number of rotatable bonds is 0. The summed E-state index contributed by atoms with van der Waals surface area (Å²) in [5.41, 5.74) is 0. The fraction of sp³-hybridized carbons (Fsp3) is 0.500. The van der Waals surface area contributed by atoms with E-state index in [0.29, 0.717) is 0 Å². The van der Waals surface area contributed by atoms with Gasteiger partial charge < -0.3 is 22.6 Å².